The lowest BCUT2D eigenvalue weighted by molar-refractivity contribution is -0.220. The fourth-order valence-electron chi connectivity index (χ4n) is 5.02. The number of allylic oxidation sites excluding steroid dienone is 16. The van der Waals surface area contributed by atoms with Gasteiger partial charge in [-0.3, -0.25) is 18.6 Å². The van der Waals surface area contributed by atoms with Crippen LogP contribution >= 0.6 is 7.82 Å². The second-order valence-corrected chi connectivity index (χ2v) is 14.3. The number of carbonyl (C=O) groups is 2. The Balaban J connectivity index is 2.63. The number of hydrogen-bond acceptors (Lipinski definition) is 12. The number of rotatable bonds is 28. The molecule has 55 heavy (non-hydrogen) atoms. The van der Waals surface area contributed by atoms with Crippen molar-refractivity contribution in [1.29, 1.82) is 0 Å². The summed E-state index contributed by atoms with van der Waals surface area (Å²) in [5.74, 6) is -1.23. The first-order valence-corrected chi connectivity index (χ1v) is 20.6. The highest BCUT2D eigenvalue weighted by Gasteiger charge is 2.51. The van der Waals surface area contributed by atoms with Gasteiger partial charge < -0.3 is 39.9 Å². The monoisotopic (exact) mass is 794 g/mol. The van der Waals surface area contributed by atoms with E-state index in [0.29, 0.717) is 19.3 Å². The van der Waals surface area contributed by atoms with Gasteiger partial charge in [0.1, 0.15) is 43.2 Å². The predicted octanol–water partition coefficient (Wildman–Crippen LogP) is 5.93. The van der Waals surface area contributed by atoms with E-state index in [9.17, 15) is 44.6 Å². The lowest BCUT2D eigenvalue weighted by Crippen LogP contribution is -2.64. The molecule has 6 N–H and O–H groups in total. The minimum absolute atomic E-state index is 0.0108. The first kappa shape index (κ1) is 49.8. The van der Waals surface area contributed by atoms with Crippen molar-refractivity contribution in [2.75, 3.05) is 13.2 Å². The van der Waals surface area contributed by atoms with Gasteiger partial charge in [-0.1, -0.05) is 130 Å². The van der Waals surface area contributed by atoms with Crippen LogP contribution in [0.4, 0.5) is 0 Å². The quantitative estimate of drug-likeness (QED) is 0.0235. The van der Waals surface area contributed by atoms with Crippen molar-refractivity contribution in [3.63, 3.8) is 0 Å². The van der Waals surface area contributed by atoms with Crippen LogP contribution < -0.4 is 0 Å². The largest absolute Gasteiger partial charge is 0.472 e. The van der Waals surface area contributed by atoms with Crippen LogP contribution in [0.25, 0.3) is 0 Å². The minimum atomic E-state index is -5.14. The molecule has 0 aliphatic heterocycles. The molecule has 13 nitrogen and oxygen atoms in total. The summed E-state index contributed by atoms with van der Waals surface area (Å²) in [7, 11) is -5.14. The summed E-state index contributed by atoms with van der Waals surface area (Å²) in [6.45, 7) is 2.88. The second-order valence-electron chi connectivity index (χ2n) is 12.8. The third-order valence-electron chi connectivity index (χ3n) is 8.11. The van der Waals surface area contributed by atoms with Crippen molar-refractivity contribution in [1.82, 2.24) is 0 Å². The van der Waals surface area contributed by atoms with Gasteiger partial charge in [0, 0.05) is 12.8 Å². The Morgan fingerprint density at radius 3 is 1.55 bits per heavy atom. The molecule has 0 amide bonds. The highest BCUT2D eigenvalue weighted by molar-refractivity contribution is 7.47. The van der Waals surface area contributed by atoms with E-state index in [2.05, 4.69) is 32.1 Å². The van der Waals surface area contributed by atoms with Crippen molar-refractivity contribution < 1.29 is 63.1 Å². The number of ether oxygens (including phenoxy) is 2. The van der Waals surface area contributed by atoms with Crippen molar-refractivity contribution in [2.45, 2.75) is 134 Å². The molecule has 14 heteroatoms. The molecule has 0 aromatic carbocycles. The maximum atomic E-state index is 12.7. The Morgan fingerprint density at radius 1 is 0.564 bits per heavy atom. The summed E-state index contributed by atoms with van der Waals surface area (Å²) >= 11 is 0. The van der Waals surface area contributed by atoms with Gasteiger partial charge >= 0.3 is 19.8 Å². The minimum Gasteiger partial charge on any atom is -0.462 e. The molecule has 1 fully saturated rings. The van der Waals surface area contributed by atoms with E-state index in [0.717, 1.165) is 44.9 Å². The van der Waals surface area contributed by atoms with Gasteiger partial charge in [0.25, 0.3) is 0 Å². The Morgan fingerprint density at radius 2 is 1.00 bits per heavy atom. The maximum Gasteiger partial charge on any atom is 0.472 e. The van der Waals surface area contributed by atoms with Crippen LogP contribution in [0.1, 0.15) is 90.9 Å². The van der Waals surface area contributed by atoms with Crippen LogP contribution in [-0.4, -0.2) is 98.3 Å². The molecule has 8 atom stereocenters. The number of aliphatic hydroxyl groups excluding tert-OH is 5. The number of carbonyl (C=O) groups excluding carboxylic acids is 2. The third-order valence-corrected chi connectivity index (χ3v) is 9.10. The van der Waals surface area contributed by atoms with Crippen LogP contribution in [-0.2, 0) is 32.7 Å². The number of hydrogen-bond donors (Lipinski definition) is 6. The van der Waals surface area contributed by atoms with Crippen LogP contribution in [0.15, 0.2) is 97.2 Å². The van der Waals surface area contributed by atoms with Gasteiger partial charge in [0.2, 0.25) is 0 Å². The first-order chi connectivity index (χ1) is 26.4. The molecule has 0 saturated heterocycles. The van der Waals surface area contributed by atoms with Crippen LogP contribution in [0.2, 0.25) is 0 Å². The van der Waals surface area contributed by atoms with Gasteiger partial charge in [-0.15, -0.1) is 0 Å². The number of unbranched alkanes of at least 4 members (excludes halogenated alkanes) is 6. The SMILES string of the molecule is CC/C=C/C=C/C=C/C=C/C=C/CCCC(=O)OC(COC(=O)CCCCCCC/C=C/C=C/C=C/CC)COP(=O)(O)OC1C(O)C(O)C(O)[C@@H](O)C1O. The van der Waals surface area contributed by atoms with Crippen LogP contribution in [0.5, 0.6) is 0 Å². The van der Waals surface area contributed by atoms with E-state index in [-0.39, 0.29) is 12.8 Å². The summed E-state index contributed by atoms with van der Waals surface area (Å²) < 4.78 is 33.2. The topological polar surface area (TPSA) is 210 Å². The van der Waals surface area contributed by atoms with Crippen LogP contribution in [0.3, 0.4) is 0 Å². The molecule has 0 heterocycles. The Bertz CT molecular complexity index is 1330. The average Bonchev–Trinajstić information content (AvgIpc) is 3.16. The molecule has 0 radical (unpaired) electrons. The van der Waals surface area contributed by atoms with Gasteiger partial charge in [-0.05, 0) is 44.9 Å². The van der Waals surface area contributed by atoms with E-state index in [1.54, 1.807) is 0 Å². The zero-order valence-corrected chi connectivity index (χ0v) is 33.1. The van der Waals surface area contributed by atoms with Gasteiger partial charge in [-0.2, -0.15) is 0 Å². The zero-order valence-electron chi connectivity index (χ0n) is 32.2. The number of aliphatic hydroxyl groups is 5. The molecule has 1 aliphatic rings. The number of phosphoric acid groups is 1. The molecule has 0 aromatic heterocycles. The number of esters is 2. The fourth-order valence-corrected chi connectivity index (χ4v) is 5.99. The molecule has 1 rings (SSSR count). The Labute approximate surface area is 326 Å². The van der Waals surface area contributed by atoms with Crippen molar-refractivity contribution in [3.05, 3.63) is 97.2 Å². The summed E-state index contributed by atoms with van der Waals surface area (Å²) in [4.78, 5) is 35.4. The summed E-state index contributed by atoms with van der Waals surface area (Å²) in [6, 6.07) is 0. The zero-order chi connectivity index (χ0) is 40.7. The van der Waals surface area contributed by atoms with Crippen LogP contribution in [0, 0.1) is 0 Å². The van der Waals surface area contributed by atoms with Crippen molar-refractivity contribution in [3.8, 4) is 0 Å². The van der Waals surface area contributed by atoms with Gasteiger partial charge in [-0.25, -0.2) is 4.57 Å². The maximum absolute atomic E-state index is 12.7. The average molecular weight is 795 g/mol. The molecule has 0 aromatic rings. The standard InChI is InChI=1S/C41H63O13P/c1-3-5-7-9-11-13-15-17-19-21-23-25-27-29-34(42)51-31-33(32-52-55(49,50)54-41-39(47)37(45)36(44)38(46)40(41)48)53-35(43)30-28-26-24-22-20-18-16-14-12-10-8-6-4-2/h5-16,18,20,22,24,33,36-41,44-48H,3-4,17,19,21,23,25-32H2,1-2H3,(H,49,50)/b7-5+,8-6+,11-9+,12-10+,15-13+,16-14+,20-18+,24-22+/t33?,36?,37-,38?,39?,40?,41?/m1/s1. The predicted molar refractivity (Wildman–Crippen MR) is 211 cm³/mol. The van der Waals surface area contributed by atoms with E-state index in [4.69, 9.17) is 18.5 Å². The highest BCUT2D eigenvalue weighted by Crippen LogP contribution is 2.47. The van der Waals surface area contributed by atoms with E-state index in [1.807, 2.05) is 79.0 Å². The second kappa shape index (κ2) is 30.9. The molecular formula is C41H63O13P. The van der Waals surface area contributed by atoms with E-state index < -0.39 is 75.7 Å². The highest BCUT2D eigenvalue weighted by atomic mass is 31.2. The van der Waals surface area contributed by atoms with E-state index >= 15 is 0 Å². The molecule has 1 aliphatic carbocycles. The van der Waals surface area contributed by atoms with Gasteiger partial charge in [0.15, 0.2) is 6.10 Å². The summed E-state index contributed by atoms with van der Waals surface area (Å²) in [6.07, 6.45) is 26.4. The van der Waals surface area contributed by atoms with Gasteiger partial charge in [0.05, 0.1) is 6.61 Å². The molecule has 310 valence electrons. The molecule has 0 spiro atoms. The Hall–Kier alpha value is -3.23. The summed E-state index contributed by atoms with van der Waals surface area (Å²) in [5.41, 5.74) is 0. The van der Waals surface area contributed by atoms with E-state index in [1.165, 1.54) is 0 Å². The lowest BCUT2D eigenvalue weighted by atomic mass is 9.85. The molecule has 0 bridgehead atoms. The molecular weight excluding hydrogens is 731 g/mol. The normalized spacial score (nSPS) is 24.1. The lowest BCUT2D eigenvalue weighted by Gasteiger charge is -2.41. The third kappa shape index (κ3) is 24.1. The number of phosphoric ester groups is 1. The fraction of sp³-hybridized carbons (Fsp3) is 0.561. The van der Waals surface area contributed by atoms with Crippen molar-refractivity contribution in [2.24, 2.45) is 0 Å². The smallest absolute Gasteiger partial charge is 0.462 e. The Kier molecular flexibility index (Phi) is 28.0. The molecule has 1 saturated carbocycles. The summed E-state index contributed by atoms with van der Waals surface area (Å²) in [5, 5.41) is 49.9. The van der Waals surface area contributed by atoms with Crippen molar-refractivity contribution >= 4 is 19.8 Å². The first-order valence-electron chi connectivity index (χ1n) is 19.1. The molecule has 7 unspecified atom stereocenters.